The van der Waals surface area contributed by atoms with Crippen molar-refractivity contribution >= 4 is 41.0 Å². The summed E-state index contributed by atoms with van der Waals surface area (Å²) in [6, 6.07) is 15.4. The van der Waals surface area contributed by atoms with Crippen molar-refractivity contribution in [3.8, 4) is 0 Å². The highest BCUT2D eigenvalue weighted by molar-refractivity contribution is 6.80. The molecule has 1 heterocycles. The van der Waals surface area contributed by atoms with Gasteiger partial charge in [-0.15, -0.1) is 0 Å². The Morgan fingerprint density at radius 3 is 2.17 bits per heavy atom. The van der Waals surface area contributed by atoms with Gasteiger partial charge in [0.25, 0.3) is 0 Å². The summed E-state index contributed by atoms with van der Waals surface area (Å²) in [5.41, 5.74) is 3.05. The number of benzene rings is 2. The van der Waals surface area contributed by atoms with E-state index in [1.54, 1.807) is 12.5 Å². The number of rotatable bonds is 6. The van der Waals surface area contributed by atoms with Crippen LogP contribution in [-0.4, -0.2) is 23.5 Å². The summed E-state index contributed by atoms with van der Waals surface area (Å²) in [6.45, 7) is 0.349. The van der Waals surface area contributed by atoms with Gasteiger partial charge < -0.3 is 9.64 Å². The summed E-state index contributed by atoms with van der Waals surface area (Å²) in [5, 5.41) is 1.37. The second kappa shape index (κ2) is 7.69. The van der Waals surface area contributed by atoms with Gasteiger partial charge in [0.1, 0.15) is 0 Å². The lowest BCUT2D eigenvalue weighted by atomic mass is 9.55. The molecule has 0 radical (unpaired) electrons. The fourth-order valence-corrected chi connectivity index (χ4v) is 2.83. The maximum atomic E-state index is 6.13. The van der Waals surface area contributed by atoms with Crippen molar-refractivity contribution in [1.29, 1.82) is 0 Å². The Hall–Kier alpha value is -1.75. The zero-order valence-corrected chi connectivity index (χ0v) is 13.9. The van der Waals surface area contributed by atoms with Crippen molar-refractivity contribution in [2.45, 2.75) is 6.42 Å². The Kier molecular flexibility index (Phi) is 5.39. The van der Waals surface area contributed by atoms with Gasteiger partial charge in [0.05, 0.1) is 6.33 Å². The van der Waals surface area contributed by atoms with Crippen LogP contribution in [0.1, 0.15) is 5.69 Å². The molecule has 3 rings (SSSR count). The first-order valence-electron chi connectivity index (χ1n) is 7.32. The van der Waals surface area contributed by atoms with E-state index in [0.717, 1.165) is 23.0 Å². The molecule has 0 bridgehead atoms. The number of imidazole rings is 1. The van der Waals surface area contributed by atoms with E-state index in [9.17, 15) is 0 Å². The van der Waals surface area contributed by atoms with Gasteiger partial charge in [-0.1, -0.05) is 47.5 Å². The number of nitrogens with one attached hydrogen (secondary N) is 1. The normalized spacial score (nSPS) is 10.7. The molecule has 0 atom stereocenters. The van der Waals surface area contributed by atoms with Crippen molar-refractivity contribution in [2.75, 3.05) is 6.61 Å². The third kappa shape index (κ3) is 4.38. The maximum Gasteiger partial charge on any atom is 0.361 e. The number of H-pyrrole nitrogens is 1. The molecule has 3 nitrogen and oxygen atoms in total. The second-order valence-electron chi connectivity index (χ2n) is 5.19. The molecule has 0 spiro atoms. The molecule has 0 aliphatic carbocycles. The van der Waals surface area contributed by atoms with Gasteiger partial charge in [0, 0.05) is 35.0 Å². The van der Waals surface area contributed by atoms with Crippen LogP contribution in [0.2, 0.25) is 10.0 Å². The van der Waals surface area contributed by atoms with Gasteiger partial charge in [-0.05, 0) is 35.2 Å². The van der Waals surface area contributed by atoms with Crippen LogP contribution in [0.3, 0.4) is 0 Å². The highest BCUT2D eigenvalue weighted by Crippen LogP contribution is 2.08. The van der Waals surface area contributed by atoms with Crippen LogP contribution >= 0.6 is 23.2 Å². The van der Waals surface area contributed by atoms with Crippen LogP contribution in [0.25, 0.3) is 0 Å². The minimum Gasteiger partial charge on any atom is -0.426 e. The fraction of sp³-hybridized carbons (Fsp3) is 0.118. The summed E-state index contributed by atoms with van der Waals surface area (Å²) in [5.74, 6) is 0. The van der Waals surface area contributed by atoms with Crippen molar-refractivity contribution in [2.24, 2.45) is 0 Å². The van der Waals surface area contributed by atoms with Crippen LogP contribution in [-0.2, 0) is 11.1 Å². The average Bonchev–Trinajstić information content (AvgIpc) is 3.05. The van der Waals surface area contributed by atoms with Crippen LogP contribution in [0.15, 0.2) is 61.1 Å². The highest BCUT2D eigenvalue weighted by Gasteiger charge is 2.22. The molecule has 0 aliphatic rings. The van der Waals surface area contributed by atoms with Gasteiger partial charge >= 0.3 is 6.92 Å². The molecular weight excluding hydrogens is 330 g/mol. The molecule has 0 saturated carbocycles. The minimum atomic E-state index is -0.213. The molecule has 1 N–H and O–H groups in total. The topological polar surface area (TPSA) is 37.9 Å². The Bertz CT molecular complexity index is 719. The number of aromatic amines is 1. The summed E-state index contributed by atoms with van der Waals surface area (Å²) in [4.78, 5) is 7.09. The number of nitrogens with zero attached hydrogens (tertiary/aromatic N) is 1. The van der Waals surface area contributed by atoms with Crippen molar-refractivity contribution in [3.05, 3.63) is 76.8 Å². The first kappa shape index (κ1) is 16.1. The molecule has 3 aromatic rings. The van der Waals surface area contributed by atoms with Crippen molar-refractivity contribution < 1.29 is 4.65 Å². The molecule has 0 saturated heterocycles. The quantitative estimate of drug-likeness (QED) is 0.698. The Morgan fingerprint density at radius 1 is 1.00 bits per heavy atom. The first-order chi connectivity index (χ1) is 11.2. The average molecular weight is 345 g/mol. The first-order valence-corrected chi connectivity index (χ1v) is 8.08. The molecule has 0 fully saturated rings. The second-order valence-corrected chi connectivity index (χ2v) is 6.06. The number of hydrogen-bond donors (Lipinski definition) is 1. The standard InChI is InChI=1S/C17H15BCl2N2O/c19-15-5-1-3-13(9-15)18(14-4-2-6-16(20)10-14)23-8-7-17-11-21-12-22-17/h1-6,9-12H,7-8H2,(H,21,22). The van der Waals surface area contributed by atoms with E-state index < -0.39 is 0 Å². The van der Waals surface area contributed by atoms with Gasteiger partial charge in [-0.3, -0.25) is 0 Å². The number of hydrogen-bond acceptors (Lipinski definition) is 2. The van der Waals surface area contributed by atoms with E-state index >= 15 is 0 Å². The number of aromatic nitrogens is 2. The largest absolute Gasteiger partial charge is 0.426 e. The van der Waals surface area contributed by atoms with E-state index in [1.165, 1.54) is 0 Å². The summed E-state index contributed by atoms with van der Waals surface area (Å²) < 4.78 is 6.13. The fourth-order valence-electron chi connectivity index (χ4n) is 2.43. The van der Waals surface area contributed by atoms with Gasteiger partial charge in [0.15, 0.2) is 0 Å². The molecule has 0 amide bonds. The number of halogens is 2. The zero-order valence-electron chi connectivity index (χ0n) is 12.4. The van der Waals surface area contributed by atoms with E-state index in [-0.39, 0.29) is 6.92 Å². The summed E-state index contributed by atoms with van der Waals surface area (Å²) in [6.07, 6.45) is 4.23. The monoisotopic (exact) mass is 344 g/mol. The molecule has 0 aliphatic heterocycles. The van der Waals surface area contributed by atoms with E-state index in [1.807, 2.05) is 48.5 Å². The lowest BCUT2D eigenvalue weighted by molar-refractivity contribution is 0.336. The van der Waals surface area contributed by atoms with Crippen molar-refractivity contribution in [3.63, 3.8) is 0 Å². The van der Waals surface area contributed by atoms with Gasteiger partial charge in [0.2, 0.25) is 0 Å². The predicted molar refractivity (Wildman–Crippen MR) is 96.2 cm³/mol. The molecule has 23 heavy (non-hydrogen) atoms. The third-order valence-electron chi connectivity index (χ3n) is 3.51. The van der Waals surface area contributed by atoms with E-state index in [2.05, 4.69) is 9.97 Å². The highest BCUT2D eigenvalue weighted by atomic mass is 35.5. The summed E-state index contributed by atoms with van der Waals surface area (Å²) in [7, 11) is 0. The molecule has 0 unspecified atom stereocenters. The Morgan fingerprint density at radius 2 is 1.65 bits per heavy atom. The molecule has 1 aromatic heterocycles. The van der Waals surface area contributed by atoms with Gasteiger partial charge in [-0.25, -0.2) is 4.98 Å². The molecule has 2 aromatic carbocycles. The molecule has 116 valence electrons. The van der Waals surface area contributed by atoms with Crippen LogP contribution in [0, 0.1) is 0 Å². The molecular formula is C17H15BCl2N2O. The lowest BCUT2D eigenvalue weighted by Gasteiger charge is -2.16. The smallest absolute Gasteiger partial charge is 0.361 e. The van der Waals surface area contributed by atoms with Crippen LogP contribution in [0.5, 0.6) is 0 Å². The predicted octanol–water partition coefficient (Wildman–Crippen LogP) is 3.08. The van der Waals surface area contributed by atoms with E-state index in [0.29, 0.717) is 16.7 Å². The Labute approximate surface area is 145 Å². The van der Waals surface area contributed by atoms with Crippen LogP contribution in [0.4, 0.5) is 0 Å². The van der Waals surface area contributed by atoms with Crippen molar-refractivity contribution in [1.82, 2.24) is 9.97 Å². The maximum absolute atomic E-state index is 6.13. The zero-order chi connectivity index (χ0) is 16.1. The van der Waals surface area contributed by atoms with Gasteiger partial charge in [-0.2, -0.15) is 0 Å². The molecule has 6 heteroatoms. The van der Waals surface area contributed by atoms with Crippen LogP contribution < -0.4 is 10.9 Å². The Balaban J connectivity index is 1.81. The minimum absolute atomic E-state index is 0.213. The SMILES string of the molecule is Clc1cccc(B(OCCc2cnc[nH]2)c2cccc(Cl)c2)c1. The van der Waals surface area contributed by atoms with E-state index in [4.69, 9.17) is 27.9 Å². The third-order valence-corrected chi connectivity index (χ3v) is 3.98. The summed E-state index contributed by atoms with van der Waals surface area (Å²) >= 11 is 12.3. The lowest BCUT2D eigenvalue weighted by Crippen LogP contribution is -2.45.